The summed E-state index contributed by atoms with van der Waals surface area (Å²) in [6.45, 7) is -0.262. The van der Waals surface area contributed by atoms with Crippen molar-refractivity contribution in [2.24, 2.45) is 11.7 Å². The number of rotatable bonds is 5. The fourth-order valence-corrected chi connectivity index (χ4v) is 1.93. The molecule has 1 amide bonds. The van der Waals surface area contributed by atoms with E-state index >= 15 is 0 Å². The van der Waals surface area contributed by atoms with Crippen LogP contribution in [0.4, 0.5) is 0 Å². The van der Waals surface area contributed by atoms with E-state index in [1.165, 1.54) is 0 Å². The fourth-order valence-electron chi connectivity index (χ4n) is 1.93. The predicted octanol–water partition coefficient (Wildman–Crippen LogP) is -0.934. The molecule has 0 radical (unpaired) electrons. The van der Waals surface area contributed by atoms with Crippen LogP contribution in [0.15, 0.2) is 0 Å². The quantitative estimate of drug-likeness (QED) is 0.487. The number of amides is 1. The van der Waals surface area contributed by atoms with E-state index in [0.717, 1.165) is 6.42 Å². The molecule has 0 aromatic heterocycles. The monoisotopic (exact) mass is 230 g/mol. The van der Waals surface area contributed by atoms with Crippen LogP contribution in [-0.4, -0.2) is 40.8 Å². The second-order valence-electron chi connectivity index (χ2n) is 4.18. The number of aliphatic carboxylic acids is 1. The number of aliphatic hydroxyl groups excluding tert-OH is 1. The van der Waals surface area contributed by atoms with Gasteiger partial charge in [-0.3, -0.25) is 4.79 Å². The van der Waals surface area contributed by atoms with Crippen molar-refractivity contribution in [3.8, 4) is 0 Å². The van der Waals surface area contributed by atoms with E-state index < -0.39 is 12.0 Å². The maximum absolute atomic E-state index is 11.7. The molecule has 6 heteroatoms. The highest BCUT2D eigenvalue weighted by Crippen LogP contribution is 2.24. The Morgan fingerprint density at radius 1 is 1.44 bits per heavy atom. The van der Waals surface area contributed by atoms with Crippen molar-refractivity contribution in [2.75, 3.05) is 6.61 Å². The molecule has 3 atom stereocenters. The number of carbonyl (C=O) groups excluding carboxylic acids is 1. The van der Waals surface area contributed by atoms with Crippen molar-refractivity contribution < 1.29 is 19.8 Å². The van der Waals surface area contributed by atoms with E-state index in [1.807, 2.05) is 0 Å². The van der Waals surface area contributed by atoms with Crippen LogP contribution >= 0.6 is 0 Å². The zero-order valence-electron chi connectivity index (χ0n) is 9.06. The zero-order valence-corrected chi connectivity index (χ0v) is 9.06. The van der Waals surface area contributed by atoms with Crippen molar-refractivity contribution in [1.82, 2.24) is 5.32 Å². The van der Waals surface area contributed by atoms with Crippen LogP contribution in [0.25, 0.3) is 0 Å². The minimum absolute atomic E-state index is 0.0276. The van der Waals surface area contributed by atoms with Gasteiger partial charge in [0.05, 0.1) is 0 Å². The number of aliphatic hydroxyl groups is 1. The van der Waals surface area contributed by atoms with E-state index in [2.05, 4.69) is 5.32 Å². The molecular weight excluding hydrogens is 212 g/mol. The molecule has 1 rings (SSSR count). The summed E-state index contributed by atoms with van der Waals surface area (Å²) in [6, 6.07) is -0.966. The van der Waals surface area contributed by atoms with Gasteiger partial charge in [-0.2, -0.15) is 0 Å². The van der Waals surface area contributed by atoms with Crippen LogP contribution in [-0.2, 0) is 9.59 Å². The molecule has 92 valence electrons. The zero-order chi connectivity index (χ0) is 12.1. The van der Waals surface area contributed by atoms with Gasteiger partial charge < -0.3 is 21.3 Å². The Balaban J connectivity index is 2.45. The number of nitrogens with one attached hydrogen (secondary N) is 1. The van der Waals surface area contributed by atoms with Gasteiger partial charge in [0.1, 0.15) is 6.04 Å². The first kappa shape index (κ1) is 12.9. The summed E-state index contributed by atoms with van der Waals surface area (Å²) >= 11 is 0. The molecule has 16 heavy (non-hydrogen) atoms. The van der Waals surface area contributed by atoms with E-state index in [1.54, 1.807) is 0 Å². The maximum Gasteiger partial charge on any atom is 0.326 e. The third-order valence-corrected chi connectivity index (χ3v) is 2.88. The lowest BCUT2D eigenvalue weighted by molar-refractivity contribution is -0.142. The molecule has 1 saturated carbocycles. The van der Waals surface area contributed by atoms with Gasteiger partial charge in [-0.1, -0.05) is 0 Å². The predicted molar refractivity (Wildman–Crippen MR) is 56.6 cm³/mol. The van der Waals surface area contributed by atoms with E-state index in [4.69, 9.17) is 15.9 Å². The van der Waals surface area contributed by atoms with E-state index in [-0.39, 0.29) is 30.9 Å². The van der Waals surface area contributed by atoms with Crippen LogP contribution < -0.4 is 11.1 Å². The van der Waals surface area contributed by atoms with Crippen molar-refractivity contribution in [2.45, 2.75) is 37.8 Å². The van der Waals surface area contributed by atoms with Crippen molar-refractivity contribution >= 4 is 11.9 Å². The summed E-state index contributed by atoms with van der Waals surface area (Å²) in [5.74, 6) is -1.57. The van der Waals surface area contributed by atoms with Crippen LogP contribution in [0.5, 0.6) is 0 Å². The molecule has 0 saturated heterocycles. The first-order valence-electron chi connectivity index (χ1n) is 5.44. The highest BCUT2D eigenvalue weighted by atomic mass is 16.4. The first-order chi connectivity index (χ1) is 7.54. The summed E-state index contributed by atoms with van der Waals surface area (Å²) in [4.78, 5) is 22.4. The summed E-state index contributed by atoms with van der Waals surface area (Å²) in [6.07, 6.45) is 2.14. The molecule has 5 N–H and O–H groups in total. The summed E-state index contributed by atoms with van der Waals surface area (Å²) in [5, 5.41) is 19.9. The highest BCUT2D eigenvalue weighted by Gasteiger charge is 2.30. The molecule has 6 nitrogen and oxygen atoms in total. The number of nitrogens with two attached hydrogens (primary N) is 1. The lowest BCUT2D eigenvalue weighted by Crippen LogP contribution is -2.43. The summed E-state index contributed by atoms with van der Waals surface area (Å²) < 4.78 is 0. The first-order valence-corrected chi connectivity index (χ1v) is 5.44. The standard InChI is InChI=1S/C10H18N2O4/c11-7-2-1-6(5-7)9(14)12-8(3-4-13)10(15)16/h6-8,13H,1-5,11H2,(H,12,14)(H,15,16)/t6?,7?,8-/m1/s1. The molecular formula is C10H18N2O4. The third-order valence-electron chi connectivity index (χ3n) is 2.88. The molecule has 2 unspecified atom stereocenters. The number of hydrogen-bond acceptors (Lipinski definition) is 4. The smallest absolute Gasteiger partial charge is 0.326 e. The lowest BCUT2D eigenvalue weighted by Gasteiger charge is -2.16. The number of carboxylic acid groups (broad SMARTS) is 1. The number of carbonyl (C=O) groups is 2. The van der Waals surface area contributed by atoms with Gasteiger partial charge in [0.15, 0.2) is 0 Å². The van der Waals surface area contributed by atoms with Gasteiger partial charge >= 0.3 is 5.97 Å². The second kappa shape index (κ2) is 5.81. The Morgan fingerprint density at radius 3 is 2.56 bits per heavy atom. The molecule has 1 fully saturated rings. The second-order valence-corrected chi connectivity index (χ2v) is 4.18. The van der Waals surface area contributed by atoms with Crippen molar-refractivity contribution in [3.05, 3.63) is 0 Å². The van der Waals surface area contributed by atoms with Gasteiger partial charge in [0.2, 0.25) is 5.91 Å². The lowest BCUT2D eigenvalue weighted by atomic mass is 10.1. The molecule has 1 aliphatic rings. The van der Waals surface area contributed by atoms with Gasteiger partial charge in [0.25, 0.3) is 0 Å². The fraction of sp³-hybridized carbons (Fsp3) is 0.800. The van der Waals surface area contributed by atoms with Gasteiger partial charge in [0, 0.05) is 25.0 Å². The Labute approximate surface area is 93.8 Å². The largest absolute Gasteiger partial charge is 0.480 e. The van der Waals surface area contributed by atoms with E-state index in [0.29, 0.717) is 12.8 Å². The van der Waals surface area contributed by atoms with Gasteiger partial charge in [-0.25, -0.2) is 4.79 Å². The number of carboxylic acids is 1. The summed E-state index contributed by atoms with van der Waals surface area (Å²) in [5.41, 5.74) is 5.68. The molecule has 0 bridgehead atoms. The topological polar surface area (TPSA) is 113 Å². The van der Waals surface area contributed by atoms with Crippen LogP contribution in [0, 0.1) is 5.92 Å². The highest BCUT2D eigenvalue weighted by molar-refractivity contribution is 5.85. The normalized spacial score (nSPS) is 26.4. The minimum Gasteiger partial charge on any atom is -0.480 e. The number of hydrogen-bond donors (Lipinski definition) is 4. The Bertz CT molecular complexity index is 270. The van der Waals surface area contributed by atoms with Crippen LogP contribution in [0.2, 0.25) is 0 Å². The molecule has 0 aromatic carbocycles. The average molecular weight is 230 g/mol. The molecule has 0 heterocycles. The third kappa shape index (κ3) is 3.46. The minimum atomic E-state index is -1.12. The molecule has 0 spiro atoms. The van der Waals surface area contributed by atoms with Gasteiger partial charge in [-0.15, -0.1) is 0 Å². The SMILES string of the molecule is NC1CCC(C(=O)N[C@H](CCO)C(=O)O)C1. The molecule has 1 aliphatic carbocycles. The van der Waals surface area contributed by atoms with E-state index in [9.17, 15) is 9.59 Å². The van der Waals surface area contributed by atoms with Crippen molar-refractivity contribution in [1.29, 1.82) is 0 Å². The molecule has 0 aliphatic heterocycles. The summed E-state index contributed by atoms with van der Waals surface area (Å²) in [7, 11) is 0. The average Bonchev–Trinajstić information content (AvgIpc) is 2.64. The van der Waals surface area contributed by atoms with Crippen molar-refractivity contribution in [3.63, 3.8) is 0 Å². The molecule has 0 aromatic rings. The Hall–Kier alpha value is -1.14. The van der Waals surface area contributed by atoms with Crippen LogP contribution in [0.1, 0.15) is 25.7 Å². The Morgan fingerprint density at radius 2 is 2.12 bits per heavy atom. The maximum atomic E-state index is 11.7. The van der Waals surface area contributed by atoms with Crippen LogP contribution in [0.3, 0.4) is 0 Å². The Kier molecular flexibility index (Phi) is 4.70. The van der Waals surface area contributed by atoms with Gasteiger partial charge in [-0.05, 0) is 19.3 Å².